The first-order valence-electron chi connectivity index (χ1n) is 7.15. The van der Waals surface area contributed by atoms with Gasteiger partial charge in [-0.25, -0.2) is 4.79 Å². The molecule has 0 radical (unpaired) electrons. The second-order valence-electron chi connectivity index (χ2n) is 4.68. The highest BCUT2D eigenvalue weighted by molar-refractivity contribution is 6.39. The van der Waals surface area contributed by atoms with Crippen molar-refractivity contribution in [3.05, 3.63) is 58.1 Å². The summed E-state index contributed by atoms with van der Waals surface area (Å²) in [6.07, 6.45) is 0. The fourth-order valence-electron chi connectivity index (χ4n) is 1.89. The fourth-order valence-corrected chi connectivity index (χ4v) is 2.45. The van der Waals surface area contributed by atoms with Gasteiger partial charge in [0.1, 0.15) is 5.75 Å². The highest BCUT2D eigenvalue weighted by atomic mass is 35.5. The van der Waals surface area contributed by atoms with E-state index >= 15 is 0 Å². The van der Waals surface area contributed by atoms with Gasteiger partial charge in [0.2, 0.25) is 0 Å². The minimum atomic E-state index is -0.757. The molecule has 1 amide bonds. The zero-order valence-electron chi connectivity index (χ0n) is 12.8. The molecule has 0 unspecified atom stereocenters. The predicted molar refractivity (Wildman–Crippen MR) is 93.0 cm³/mol. The molecule has 0 aliphatic rings. The number of benzene rings is 2. The summed E-state index contributed by atoms with van der Waals surface area (Å²) in [5.41, 5.74) is 0.602. The third kappa shape index (κ3) is 4.88. The number of carbonyl (C=O) groups excluding carboxylic acids is 2. The van der Waals surface area contributed by atoms with E-state index in [4.69, 9.17) is 32.7 Å². The van der Waals surface area contributed by atoms with E-state index in [1.165, 1.54) is 12.1 Å². The molecule has 5 nitrogen and oxygen atoms in total. The molecule has 0 aromatic heterocycles. The smallest absolute Gasteiger partial charge is 0.341 e. The maximum Gasteiger partial charge on any atom is 0.341 e. The van der Waals surface area contributed by atoms with E-state index in [0.717, 1.165) is 0 Å². The van der Waals surface area contributed by atoms with Crippen LogP contribution in [0.5, 0.6) is 5.75 Å². The third-order valence-electron chi connectivity index (χ3n) is 2.95. The van der Waals surface area contributed by atoms with E-state index in [-0.39, 0.29) is 15.6 Å². The number of carbonyl (C=O) groups is 2. The lowest BCUT2D eigenvalue weighted by atomic mass is 10.2. The van der Waals surface area contributed by atoms with Gasteiger partial charge in [0.15, 0.2) is 6.61 Å². The van der Waals surface area contributed by atoms with Crippen LogP contribution >= 0.6 is 23.2 Å². The van der Waals surface area contributed by atoms with Gasteiger partial charge in [-0.1, -0.05) is 29.3 Å². The van der Waals surface area contributed by atoms with Crippen LogP contribution in [0.2, 0.25) is 10.0 Å². The number of rotatable bonds is 6. The first-order valence-corrected chi connectivity index (χ1v) is 7.90. The molecular weight excluding hydrogens is 353 g/mol. The Morgan fingerprint density at radius 1 is 1.04 bits per heavy atom. The van der Waals surface area contributed by atoms with E-state index in [9.17, 15) is 9.59 Å². The van der Waals surface area contributed by atoms with Crippen LogP contribution in [0.1, 0.15) is 17.3 Å². The van der Waals surface area contributed by atoms with Crippen LogP contribution in [-0.4, -0.2) is 25.1 Å². The Balaban J connectivity index is 1.90. The molecule has 0 bridgehead atoms. The second-order valence-corrected chi connectivity index (χ2v) is 5.49. The van der Waals surface area contributed by atoms with Crippen LogP contribution in [0.25, 0.3) is 0 Å². The van der Waals surface area contributed by atoms with Crippen LogP contribution in [0.3, 0.4) is 0 Å². The normalized spacial score (nSPS) is 10.1. The number of hydrogen-bond donors (Lipinski definition) is 1. The van der Waals surface area contributed by atoms with Crippen LogP contribution in [-0.2, 0) is 9.53 Å². The van der Waals surface area contributed by atoms with Crippen molar-refractivity contribution in [2.45, 2.75) is 6.92 Å². The summed E-state index contributed by atoms with van der Waals surface area (Å²) in [6.45, 7) is 2.00. The van der Waals surface area contributed by atoms with Gasteiger partial charge in [-0.05, 0) is 43.3 Å². The molecule has 2 aromatic rings. The van der Waals surface area contributed by atoms with Gasteiger partial charge < -0.3 is 14.8 Å². The lowest BCUT2D eigenvalue weighted by Gasteiger charge is -2.09. The highest BCUT2D eigenvalue weighted by Gasteiger charge is 2.17. The summed E-state index contributed by atoms with van der Waals surface area (Å²) < 4.78 is 10.3. The molecule has 2 aromatic carbocycles. The van der Waals surface area contributed by atoms with Gasteiger partial charge in [-0.3, -0.25) is 4.79 Å². The first kappa shape index (κ1) is 18.1. The molecule has 2 rings (SSSR count). The largest absolute Gasteiger partial charge is 0.494 e. The van der Waals surface area contributed by atoms with Crippen molar-refractivity contribution in [3.63, 3.8) is 0 Å². The molecule has 126 valence electrons. The fraction of sp³-hybridized carbons (Fsp3) is 0.176. The van der Waals surface area contributed by atoms with E-state index in [1.807, 2.05) is 6.92 Å². The van der Waals surface area contributed by atoms with Crippen LogP contribution < -0.4 is 10.1 Å². The van der Waals surface area contributed by atoms with Crippen molar-refractivity contribution < 1.29 is 19.1 Å². The third-order valence-corrected chi connectivity index (χ3v) is 3.58. The zero-order chi connectivity index (χ0) is 17.5. The Morgan fingerprint density at radius 3 is 2.25 bits per heavy atom. The minimum absolute atomic E-state index is 0.0368. The first-order chi connectivity index (χ1) is 11.5. The molecular formula is C17H15Cl2NO4. The van der Waals surface area contributed by atoms with Gasteiger partial charge >= 0.3 is 5.97 Å². The standard InChI is InChI=1S/C17H15Cl2NO4/c1-2-23-12-8-6-11(7-9-12)20-15(21)10-24-17(22)16-13(18)4-3-5-14(16)19/h3-9H,2,10H2,1H3,(H,20,21). The molecule has 7 heteroatoms. The quantitative estimate of drug-likeness (QED) is 0.777. The van der Waals surface area contributed by atoms with Gasteiger partial charge in [-0.2, -0.15) is 0 Å². The van der Waals surface area contributed by atoms with Crippen molar-refractivity contribution in [2.24, 2.45) is 0 Å². The van der Waals surface area contributed by atoms with Crippen molar-refractivity contribution in [1.29, 1.82) is 0 Å². The topological polar surface area (TPSA) is 64.6 Å². The number of anilines is 1. The number of nitrogens with one attached hydrogen (secondary N) is 1. The Labute approximate surface area is 149 Å². The molecule has 0 aliphatic carbocycles. The summed E-state index contributed by atoms with van der Waals surface area (Å²) in [4.78, 5) is 23.8. The lowest BCUT2D eigenvalue weighted by Crippen LogP contribution is -2.21. The monoisotopic (exact) mass is 367 g/mol. The van der Waals surface area contributed by atoms with Gasteiger partial charge in [0.25, 0.3) is 5.91 Å². The molecule has 0 fully saturated rings. The van der Waals surface area contributed by atoms with Crippen molar-refractivity contribution in [3.8, 4) is 5.75 Å². The SMILES string of the molecule is CCOc1ccc(NC(=O)COC(=O)c2c(Cl)cccc2Cl)cc1. The molecule has 0 saturated carbocycles. The molecule has 0 spiro atoms. The van der Waals surface area contributed by atoms with E-state index in [2.05, 4.69) is 5.32 Å². The average molecular weight is 368 g/mol. The molecule has 0 heterocycles. The molecule has 0 atom stereocenters. The Hall–Kier alpha value is -2.24. The van der Waals surface area contributed by atoms with E-state index < -0.39 is 18.5 Å². The summed E-state index contributed by atoms with van der Waals surface area (Å²) >= 11 is 11.8. The summed E-state index contributed by atoms with van der Waals surface area (Å²) in [5, 5.41) is 2.94. The average Bonchev–Trinajstić information content (AvgIpc) is 2.55. The maximum absolute atomic E-state index is 12.0. The maximum atomic E-state index is 12.0. The van der Waals surface area contributed by atoms with Gasteiger partial charge in [0.05, 0.1) is 22.2 Å². The minimum Gasteiger partial charge on any atom is -0.494 e. The predicted octanol–water partition coefficient (Wildman–Crippen LogP) is 4.19. The van der Waals surface area contributed by atoms with Gasteiger partial charge in [0, 0.05) is 5.69 Å². The summed E-state index contributed by atoms with van der Waals surface area (Å²) in [7, 11) is 0. The van der Waals surface area contributed by atoms with Gasteiger partial charge in [-0.15, -0.1) is 0 Å². The highest BCUT2D eigenvalue weighted by Crippen LogP contribution is 2.25. The number of amides is 1. The Bertz CT molecular complexity index is 712. The van der Waals surface area contributed by atoms with Crippen molar-refractivity contribution >= 4 is 40.8 Å². The van der Waals surface area contributed by atoms with Crippen LogP contribution in [0.15, 0.2) is 42.5 Å². The molecule has 24 heavy (non-hydrogen) atoms. The number of esters is 1. The van der Waals surface area contributed by atoms with Crippen molar-refractivity contribution in [2.75, 3.05) is 18.5 Å². The van der Waals surface area contributed by atoms with Crippen LogP contribution in [0, 0.1) is 0 Å². The van der Waals surface area contributed by atoms with E-state index in [0.29, 0.717) is 18.0 Å². The molecule has 0 saturated heterocycles. The van der Waals surface area contributed by atoms with Crippen LogP contribution in [0.4, 0.5) is 5.69 Å². The van der Waals surface area contributed by atoms with Crippen molar-refractivity contribution in [1.82, 2.24) is 0 Å². The zero-order valence-corrected chi connectivity index (χ0v) is 14.4. The number of halogens is 2. The Kier molecular flexibility index (Phi) is 6.46. The second kappa shape index (κ2) is 8.57. The summed E-state index contributed by atoms with van der Waals surface area (Å²) in [5.74, 6) is -0.529. The summed E-state index contributed by atoms with van der Waals surface area (Å²) in [6, 6.07) is 11.5. The molecule has 1 N–H and O–H groups in total. The lowest BCUT2D eigenvalue weighted by molar-refractivity contribution is -0.119. The number of hydrogen-bond acceptors (Lipinski definition) is 4. The number of ether oxygens (including phenoxy) is 2. The van der Waals surface area contributed by atoms with E-state index in [1.54, 1.807) is 30.3 Å². The Morgan fingerprint density at radius 2 is 1.67 bits per heavy atom. The molecule has 0 aliphatic heterocycles.